The van der Waals surface area contributed by atoms with Crippen molar-refractivity contribution in [2.24, 2.45) is 0 Å². The van der Waals surface area contributed by atoms with E-state index in [0.717, 1.165) is 0 Å². The molecule has 12 N–H and O–H groups in total. The third kappa shape index (κ3) is 9540. The van der Waals surface area contributed by atoms with Crippen LogP contribution in [0.4, 0.5) is 0 Å². The van der Waals surface area contributed by atoms with Crippen molar-refractivity contribution in [1.82, 2.24) is 0 Å². The van der Waals surface area contributed by atoms with E-state index in [1.807, 2.05) is 0 Å². The summed E-state index contributed by atoms with van der Waals surface area (Å²) in [4.78, 5) is 16.7. The predicted molar refractivity (Wildman–Crippen MR) is 36.9 cm³/mol. The minimum Gasteiger partial charge on any atom is -0.772 e. The second-order valence-corrected chi connectivity index (χ2v) is 0.447. The van der Waals surface area contributed by atoms with E-state index in [1.165, 1.54) is 0 Å². The summed E-state index contributed by atoms with van der Waals surface area (Å²) < 4.78 is 16.7. The number of hydrogen-bond acceptors (Lipinski definition) is 4. The van der Waals surface area contributed by atoms with Crippen LogP contribution in [-0.4, -0.2) is 32.9 Å². The molecule has 0 bridgehead atoms. The Morgan fingerprint density at radius 2 is 0.615 bits per heavy atom. The molecule has 0 spiro atoms. The minimum atomic E-state index is -1.08. The van der Waals surface area contributed by atoms with E-state index in [1.54, 1.807) is 0 Å². The first-order chi connectivity index (χ1) is 2.83. The molecule has 0 fully saturated rings. The summed E-state index contributed by atoms with van der Waals surface area (Å²) in [5.74, 6) is 0. The average molecular weight is 293 g/mol. The van der Waals surface area contributed by atoms with Crippen LogP contribution in [0.5, 0.6) is 0 Å². The van der Waals surface area contributed by atoms with Crippen molar-refractivity contribution in [1.29, 1.82) is 0 Å². The van der Waals surface area contributed by atoms with Gasteiger partial charge in [0.15, 0.2) is 0 Å². The summed E-state index contributed by atoms with van der Waals surface area (Å²) in [5, 5.41) is 0. The van der Waals surface area contributed by atoms with Crippen molar-refractivity contribution in [3.05, 3.63) is 0 Å². The largest absolute Gasteiger partial charge is 2.00 e. The van der Waals surface area contributed by atoms with Crippen LogP contribution in [0.15, 0.2) is 0 Å². The molecule has 0 unspecified atom stereocenters. The SMILES string of the molecule is O.O.O.O.O.O.O=P[O-].O=P[O-].[Ni+2]. The van der Waals surface area contributed by atoms with E-state index >= 15 is 0 Å². The van der Waals surface area contributed by atoms with E-state index in [-0.39, 0.29) is 49.3 Å². The fraction of sp³-hybridized carbons (Fsp3) is 0. The molecule has 10 nitrogen and oxygen atoms in total. The van der Waals surface area contributed by atoms with Gasteiger partial charge in [0, 0.05) is 0 Å². The van der Waals surface area contributed by atoms with Crippen LogP contribution in [0, 0.1) is 0 Å². The molecule has 0 aliphatic heterocycles. The molecule has 0 aromatic rings. The Morgan fingerprint density at radius 3 is 0.615 bits per heavy atom. The Labute approximate surface area is 86.3 Å². The van der Waals surface area contributed by atoms with Gasteiger partial charge in [-0.1, -0.05) is 0 Å². The zero-order valence-electron chi connectivity index (χ0n) is 5.84. The molecule has 13 heavy (non-hydrogen) atoms. The van der Waals surface area contributed by atoms with Crippen LogP contribution in [0.1, 0.15) is 0 Å². The molecule has 0 aromatic carbocycles. The van der Waals surface area contributed by atoms with Gasteiger partial charge in [0.25, 0.3) is 0 Å². The first kappa shape index (κ1) is 107. The van der Waals surface area contributed by atoms with Crippen molar-refractivity contribution in [2.75, 3.05) is 0 Å². The first-order valence-electron chi connectivity index (χ1n) is 0.730. The van der Waals surface area contributed by atoms with Gasteiger partial charge in [-0.05, 0) is 0 Å². The topological polar surface area (TPSA) is 269 Å². The predicted octanol–water partition coefficient (Wildman–Crippen LogP) is -5.84. The Hall–Kier alpha value is 0.374. The second-order valence-electron chi connectivity index (χ2n) is 0.149. The maximum Gasteiger partial charge on any atom is 2.00 e. The molecule has 0 atom stereocenters. The van der Waals surface area contributed by atoms with E-state index < -0.39 is 17.4 Å². The summed E-state index contributed by atoms with van der Waals surface area (Å²) in [6.45, 7) is 0. The number of rotatable bonds is 0. The summed E-state index contributed by atoms with van der Waals surface area (Å²) in [5.41, 5.74) is 0. The van der Waals surface area contributed by atoms with E-state index in [0.29, 0.717) is 0 Å². The van der Waals surface area contributed by atoms with Gasteiger partial charge in [0.1, 0.15) is 0 Å². The number of hydrogen-bond donors (Lipinski definition) is 0. The molecule has 0 saturated carbocycles. The molecule has 0 saturated heterocycles. The van der Waals surface area contributed by atoms with Gasteiger partial charge >= 0.3 is 16.5 Å². The van der Waals surface area contributed by atoms with Gasteiger partial charge in [-0.25, -0.2) is 0 Å². The Kier molecular flexibility index (Phi) is 2340. The van der Waals surface area contributed by atoms with Crippen molar-refractivity contribution in [3.8, 4) is 0 Å². The third-order valence-corrected chi connectivity index (χ3v) is 0. The quantitative estimate of drug-likeness (QED) is 0.311. The smallest absolute Gasteiger partial charge is 0.772 e. The van der Waals surface area contributed by atoms with Gasteiger partial charge in [0.2, 0.25) is 0 Å². The molecule has 0 rings (SSSR count). The summed E-state index contributed by atoms with van der Waals surface area (Å²) in [6, 6.07) is 0. The van der Waals surface area contributed by atoms with Crippen LogP contribution < -0.4 is 9.79 Å². The normalized spacial score (nSPS) is 3.23. The van der Waals surface area contributed by atoms with Gasteiger partial charge in [-0.15, -0.1) is 0 Å². The molecular weight excluding hydrogens is 281 g/mol. The molecule has 0 aromatic heterocycles. The van der Waals surface area contributed by atoms with Gasteiger partial charge in [-0.2, -0.15) is 0 Å². The van der Waals surface area contributed by atoms with Crippen molar-refractivity contribution in [2.45, 2.75) is 0 Å². The molecule has 0 radical (unpaired) electrons. The fourth-order valence-electron chi connectivity index (χ4n) is 0. The Morgan fingerprint density at radius 1 is 0.615 bits per heavy atom. The summed E-state index contributed by atoms with van der Waals surface area (Å²) in [6.07, 6.45) is 0. The molecule has 0 heterocycles. The second kappa shape index (κ2) is 284. The third-order valence-electron chi connectivity index (χ3n) is 0. The van der Waals surface area contributed by atoms with Crippen molar-refractivity contribution >= 4 is 17.4 Å². The molecule has 13 heteroatoms. The molecule has 0 aliphatic rings. The zero-order valence-corrected chi connectivity index (χ0v) is 8.62. The Balaban J connectivity index is -0.00000000229. The molecule has 0 aliphatic carbocycles. The van der Waals surface area contributed by atoms with Gasteiger partial charge in [-0.3, -0.25) is 9.13 Å². The van der Waals surface area contributed by atoms with Gasteiger partial charge in [0.05, 0.1) is 17.4 Å². The van der Waals surface area contributed by atoms with Crippen LogP contribution in [0.2, 0.25) is 0 Å². The van der Waals surface area contributed by atoms with Gasteiger partial charge < -0.3 is 42.6 Å². The minimum absolute atomic E-state index is 0. The van der Waals surface area contributed by atoms with Crippen LogP contribution in [-0.2, 0) is 25.6 Å². The Bertz CT molecular complexity index is 33.9. The van der Waals surface area contributed by atoms with E-state index in [4.69, 9.17) is 18.9 Å². The fourth-order valence-corrected chi connectivity index (χ4v) is 0. The van der Waals surface area contributed by atoms with Crippen molar-refractivity contribution < 1.29 is 68.3 Å². The maximum atomic E-state index is 8.35. The molecule has 0 amide bonds. The molecule has 92 valence electrons. The van der Waals surface area contributed by atoms with Crippen molar-refractivity contribution in [3.63, 3.8) is 0 Å². The van der Waals surface area contributed by atoms with Crippen LogP contribution in [0.3, 0.4) is 0 Å². The van der Waals surface area contributed by atoms with Crippen LogP contribution in [0.25, 0.3) is 0 Å². The van der Waals surface area contributed by atoms with Crippen LogP contribution >= 0.6 is 17.4 Å². The average Bonchev–Trinajstić information content (AvgIpc) is 1.39. The van der Waals surface area contributed by atoms with E-state index in [9.17, 15) is 0 Å². The van der Waals surface area contributed by atoms with E-state index in [2.05, 4.69) is 0 Å². The summed E-state index contributed by atoms with van der Waals surface area (Å²) >= 11 is 0. The summed E-state index contributed by atoms with van der Waals surface area (Å²) in [7, 11) is -2.17. The zero-order chi connectivity index (χ0) is 5.41. The monoisotopic (exact) mass is 292 g/mol. The first-order valence-corrected chi connectivity index (χ1v) is 2.19. The maximum absolute atomic E-state index is 8.35. The molecular formula is H12NiO10P2. The standard InChI is InChI=1S/Ni.2HO2P.6H2O/c;2*1-3-2;;;;;;/h;2*(H,1,2);6*1H2/q+2;;;;;;;;/p-2.